The number of piperazine rings is 1. The Bertz CT molecular complexity index is 251. The summed E-state index contributed by atoms with van der Waals surface area (Å²) in [5.41, 5.74) is 0.418. The van der Waals surface area contributed by atoms with E-state index in [1.807, 2.05) is 4.90 Å². The lowest BCUT2D eigenvalue weighted by atomic mass is 9.81. The van der Waals surface area contributed by atoms with Gasteiger partial charge in [0.2, 0.25) is 5.91 Å². The number of carbonyl (C=O) groups is 1. The zero-order valence-electron chi connectivity index (χ0n) is 10.7. The van der Waals surface area contributed by atoms with Crippen molar-refractivity contribution in [1.82, 2.24) is 9.80 Å². The molecule has 0 aromatic rings. The molecule has 3 heteroatoms. The van der Waals surface area contributed by atoms with Crippen molar-refractivity contribution in [1.29, 1.82) is 0 Å². The van der Waals surface area contributed by atoms with Gasteiger partial charge < -0.3 is 4.90 Å². The van der Waals surface area contributed by atoms with Crippen molar-refractivity contribution >= 4 is 5.91 Å². The van der Waals surface area contributed by atoms with Gasteiger partial charge in [0.05, 0.1) is 0 Å². The molecule has 1 saturated carbocycles. The molecule has 1 heterocycles. The van der Waals surface area contributed by atoms with Gasteiger partial charge in [0.25, 0.3) is 0 Å². The van der Waals surface area contributed by atoms with Crippen LogP contribution in [0.2, 0.25) is 0 Å². The van der Waals surface area contributed by atoms with E-state index in [0.29, 0.717) is 5.54 Å². The predicted molar refractivity (Wildman–Crippen MR) is 65.3 cm³/mol. The van der Waals surface area contributed by atoms with E-state index in [1.54, 1.807) is 6.92 Å². The van der Waals surface area contributed by atoms with E-state index >= 15 is 0 Å². The minimum Gasteiger partial charge on any atom is -0.340 e. The normalized spacial score (nSPS) is 26.8. The van der Waals surface area contributed by atoms with Gasteiger partial charge in [0.1, 0.15) is 0 Å². The van der Waals surface area contributed by atoms with E-state index in [4.69, 9.17) is 0 Å². The molecule has 3 nitrogen and oxygen atoms in total. The Labute approximate surface area is 98.8 Å². The monoisotopic (exact) mass is 224 g/mol. The predicted octanol–water partition coefficient (Wildman–Crippen LogP) is 1.87. The Morgan fingerprint density at radius 1 is 1.00 bits per heavy atom. The van der Waals surface area contributed by atoms with Crippen molar-refractivity contribution in [3.63, 3.8) is 0 Å². The van der Waals surface area contributed by atoms with Crippen molar-refractivity contribution < 1.29 is 4.79 Å². The van der Waals surface area contributed by atoms with Crippen molar-refractivity contribution in [2.45, 2.75) is 51.5 Å². The summed E-state index contributed by atoms with van der Waals surface area (Å²) in [5, 5.41) is 0. The fraction of sp³-hybridized carbons (Fsp3) is 0.923. The summed E-state index contributed by atoms with van der Waals surface area (Å²) in [7, 11) is 0. The van der Waals surface area contributed by atoms with Gasteiger partial charge >= 0.3 is 0 Å². The molecule has 0 atom stereocenters. The summed E-state index contributed by atoms with van der Waals surface area (Å²) in [6, 6.07) is 0. The molecule has 2 rings (SSSR count). The lowest BCUT2D eigenvalue weighted by Gasteiger charge is -2.47. The first-order chi connectivity index (χ1) is 7.62. The first-order valence-electron chi connectivity index (χ1n) is 6.62. The molecule has 0 aromatic carbocycles. The maximum atomic E-state index is 11.3. The maximum absolute atomic E-state index is 11.3. The molecule has 1 saturated heterocycles. The molecule has 0 N–H and O–H groups in total. The van der Waals surface area contributed by atoms with Gasteiger partial charge in [-0.2, -0.15) is 0 Å². The third-order valence-corrected chi connectivity index (χ3v) is 4.42. The van der Waals surface area contributed by atoms with Crippen LogP contribution in [-0.2, 0) is 4.79 Å². The summed E-state index contributed by atoms with van der Waals surface area (Å²) >= 11 is 0. The number of hydrogen-bond acceptors (Lipinski definition) is 2. The van der Waals surface area contributed by atoms with Gasteiger partial charge in [-0.25, -0.2) is 0 Å². The molecule has 0 spiro atoms. The van der Waals surface area contributed by atoms with Gasteiger partial charge in [-0.05, 0) is 19.8 Å². The highest BCUT2D eigenvalue weighted by Gasteiger charge is 2.35. The number of carbonyl (C=O) groups excluding carboxylic acids is 1. The molecule has 0 aromatic heterocycles. The quantitative estimate of drug-likeness (QED) is 0.679. The number of hydrogen-bond donors (Lipinski definition) is 0. The van der Waals surface area contributed by atoms with Crippen LogP contribution < -0.4 is 0 Å². The SMILES string of the molecule is CC(=O)N1CCN(C2(C)CCCCC2)CC1. The fourth-order valence-electron chi connectivity index (χ4n) is 3.19. The summed E-state index contributed by atoms with van der Waals surface area (Å²) in [6.07, 6.45) is 6.84. The largest absolute Gasteiger partial charge is 0.340 e. The molecule has 2 aliphatic rings. The molecular weight excluding hydrogens is 200 g/mol. The Kier molecular flexibility index (Phi) is 3.53. The van der Waals surface area contributed by atoms with Crippen LogP contribution >= 0.6 is 0 Å². The van der Waals surface area contributed by atoms with E-state index in [0.717, 1.165) is 26.2 Å². The van der Waals surface area contributed by atoms with Crippen molar-refractivity contribution in [3.8, 4) is 0 Å². The van der Waals surface area contributed by atoms with Crippen molar-refractivity contribution in [2.24, 2.45) is 0 Å². The van der Waals surface area contributed by atoms with E-state index in [2.05, 4.69) is 11.8 Å². The lowest BCUT2D eigenvalue weighted by Crippen LogP contribution is -2.57. The van der Waals surface area contributed by atoms with Crippen LogP contribution in [0, 0.1) is 0 Å². The van der Waals surface area contributed by atoms with Gasteiger partial charge in [-0.3, -0.25) is 9.69 Å². The van der Waals surface area contributed by atoms with Gasteiger partial charge in [-0.15, -0.1) is 0 Å². The minimum atomic E-state index is 0.230. The second kappa shape index (κ2) is 4.74. The Morgan fingerprint density at radius 3 is 2.06 bits per heavy atom. The third kappa shape index (κ3) is 2.40. The standard InChI is InChI=1S/C13H24N2O/c1-12(16)14-8-10-15(11-9-14)13(2)6-4-3-5-7-13/h3-11H2,1-2H3. The average molecular weight is 224 g/mol. The first kappa shape index (κ1) is 11.9. The van der Waals surface area contributed by atoms with Gasteiger partial charge in [0.15, 0.2) is 0 Å². The molecule has 2 fully saturated rings. The van der Waals surface area contributed by atoms with Crippen LogP contribution in [0.1, 0.15) is 46.0 Å². The summed E-state index contributed by atoms with van der Waals surface area (Å²) in [5.74, 6) is 0.230. The van der Waals surface area contributed by atoms with E-state index in [1.165, 1.54) is 32.1 Å². The summed E-state index contributed by atoms with van der Waals surface area (Å²) in [4.78, 5) is 15.9. The molecule has 0 bridgehead atoms. The second-order valence-corrected chi connectivity index (χ2v) is 5.55. The topological polar surface area (TPSA) is 23.6 Å². The summed E-state index contributed by atoms with van der Waals surface area (Å²) in [6.45, 7) is 8.07. The van der Waals surface area contributed by atoms with Crippen LogP contribution in [0.3, 0.4) is 0 Å². The summed E-state index contributed by atoms with van der Waals surface area (Å²) < 4.78 is 0. The molecule has 0 unspecified atom stereocenters. The number of amides is 1. The molecule has 0 radical (unpaired) electrons. The Morgan fingerprint density at radius 2 is 1.56 bits per heavy atom. The molecule has 16 heavy (non-hydrogen) atoms. The zero-order valence-corrected chi connectivity index (χ0v) is 10.7. The van der Waals surface area contributed by atoms with E-state index in [9.17, 15) is 4.79 Å². The first-order valence-corrected chi connectivity index (χ1v) is 6.62. The van der Waals surface area contributed by atoms with Crippen molar-refractivity contribution in [3.05, 3.63) is 0 Å². The van der Waals surface area contributed by atoms with Crippen LogP contribution in [0.25, 0.3) is 0 Å². The highest BCUT2D eigenvalue weighted by atomic mass is 16.2. The second-order valence-electron chi connectivity index (χ2n) is 5.55. The minimum absolute atomic E-state index is 0.230. The average Bonchev–Trinajstić information content (AvgIpc) is 2.30. The van der Waals surface area contributed by atoms with Crippen LogP contribution in [-0.4, -0.2) is 47.4 Å². The smallest absolute Gasteiger partial charge is 0.219 e. The van der Waals surface area contributed by atoms with E-state index in [-0.39, 0.29) is 5.91 Å². The van der Waals surface area contributed by atoms with Crippen LogP contribution in [0.15, 0.2) is 0 Å². The molecule has 1 aliphatic carbocycles. The Balaban J connectivity index is 1.90. The zero-order chi connectivity index (χ0) is 11.6. The van der Waals surface area contributed by atoms with Gasteiger partial charge in [-0.1, -0.05) is 19.3 Å². The molecular formula is C13H24N2O. The van der Waals surface area contributed by atoms with Gasteiger partial charge in [0, 0.05) is 38.6 Å². The number of rotatable bonds is 1. The molecule has 1 aliphatic heterocycles. The van der Waals surface area contributed by atoms with E-state index < -0.39 is 0 Å². The molecule has 1 amide bonds. The highest BCUT2D eigenvalue weighted by molar-refractivity contribution is 5.73. The highest BCUT2D eigenvalue weighted by Crippen LogP contribution is 2.33. The molecule has 92 valence electrons. The lowest BCUT2D eigenvalue weighted by molar-refractivity contribution is -0.131. The fourth-order valence-corrected chi connectivity index (χ4v) is 3.19. The van der Waals surface area contributed by atoms with Crippen LogP contribution in [0.5, 0.6) is 0 Å². The maximum Gasteiger partial charge on any atom is 0.219 e. The third-order valence-electron chi connectivity index (χ3n) is 4.42. The van der Waals surface area contributed by atoms with Crippen LogP contribution in [0.4, 0.5) is 0 Å². The Hall–Kier alpha value is -0.570. The van der Waals surface area contributed by atoms with Crippen molar-refractivity contribution in [2.75, 3.05) is 26.2 Å². The number of nitrogens with zero attached hydrogens (tertiary/aromatic N) is 2.